The first kappa shape index (κ1) is 14.4. The third-order valence-corrected chi connectivity index (χ3v) is 7.40. The van der Waals surface area contributed by atoms with Gasteiger partial charge >= 0.3 is 0 Å². The fraction of sp³-hybridized carbons (Fsp3) is 0.556. The standard InChI is InChI=1S/C9H13BrClNO2S2/c1-9(2,16(3,13)14)7(12)6-4-5(11)8(10)15-6/h4,7H,12H2,1-3H3. The lowest BCUT2D eigenvalue weighted by Crippen LogP contribution is -2.41. The molecule has 16 heavy (non-hydrogen) atoms. The van der Waals surface area contributed by atoms with Crippen molar-refractivity contribution in [3.05, 3.63) is 19.8 Å². The minimum atomic E-state index is -3.23. The van der Waals surface area contributed by atoms with Crippen LogP contribution in [0.3, 0.4) is 0 Å². The molecule has 0 aliphatic carbocycles. The van der Waals surface area contributed by atoms with E-state index in [0.29, 0.717) is 5.02 Å². The first-order chi connectivity index (χ1) is 7.07. The van der Waals surface area contributed by atoms with Crippen LogP contribution in [-0.4, -0.2) is 19.4 Å². The van der Waals surface area contributed by atoms with Crippen molar-refractivity contribution in [2.45, 2.75) is 24.6 Å². The fourth-order valence-electron chi connectivity index (χ4n) is 1.09. The summed E-state index contributed by atoms with van der Waals surface area (Å²) in [5.74, 6) is 0. The maximum atomic E-state index is 11.6. The zero-order valence-electron chi connectivity index (χ0n) is 9.12. The highest BCUT2D eigenvalue weighted by atomic mass is 79.9. The number of halogens is 2. The van der Waals surface area contributed by atoms with Crippen LogP contribution in [-0.2, 0) is 9.84 Å². The normalized spacial score (nSPS) is 15.1. The number of rotatable bonds is 3. The van der Waals surface area contributed by atoms with Crippen LogP contribution in [0.25, 0.3) is 0 Å². The van der Waals surface area contributed by atoms with Gasteiger partial charge in [-0.3, -0.25) is 0 Å². The predicted molar refractivity (Wildman–Crippen MR) is 72.9 cm³/mol. The number of nitrogens with two attached hydrogens (primary N) is 1. The smallest absolute Gasteiger partial charge is 0.154 e. The van der Waals surface area contributed by atoms with Gasteiger partial charge in [-0.05, 0) is 35.8 Å². The molecule has 1 heterocycles. The monoisotopic (exact) mass is 345 g/mol. The highest BCUT2D eigenvalue weighted by Crippen LogP contribution is 2.39. The van der Waals surface area contributed by atoms with Crippen LogP contribution in [0.15, 0.2) is 9.85 Å². The topological polar surface area (TPSA) is 60.2 Å². The highest BCUT2D eigenvalue weighted by Gasteiger charge is 2.38. The molecular formula is C9H13BrClNO2S2. The lowest BCUT2D eigenvalue weighted by molar-refractivity contribution is 0.501. The Morgan fingerprint density at radius 2 is 2.06 bits per heavy atom. The molecule has 2 N–H and O–H groups in total. The summed E-state index contributed by atoms with van der Waals surface area (Å²) in [5.41, 5.74) is 5.99. The molecule has 0 aliphatic heterocycles. The van der Waals surface area contributed by atoms with Crippen molar-refractivity contribution in [3.8, 4) is 0 Å². The summed E-state index contributed by atoms with van der Waals surface area (Å²) >= 11 is 10.5. The Balaban J connectivity index is 3.17. The van der Waals surface area contributed by atoms with E-state index in [9.17, 15) is 8.42 Å². The van der Waals surface area contributed by atoms with Crippen LogP contribution in [0, 0.1) is 0 Å². The molecule has 0 aliphatic rings. The molecule has 0 bridgehead atoms. The quantitative estimate of drug-likeness (QED) is 0.915. The third-order valence-electron chi connectivity index (χ3n) is 2.68. The summed E-state index contributed by atoms with van der Waals surface area (Å²) < 4.78 is 23.0. The van der Waals surface area contributed by atoms with Crippen LogP contribution >= 0.6 is 38.9 Å². The fourth-order valence-corrected chi connectivity index (χ4v) is 3.69. The Hall–Kier alpha value is 0.380. The van der Waals surface area contributed by atoms with Gasteiger partial charge < -0.3 is 5.73 Å². The molecule has 0 spiro atoms. The highest BCUT2D eigenvalue weighted by molar-refractivity contribution is 9.11. The maximum Gasteiger partial charge on any atom is 0.154 e. The van der Waals surface area contributed by atoms with E-state index in [-0.39, 0.29) is 0 Å². The second-order valence-electron chi connectivity index (χ2n) is 4.12. The molecule has 0 fully saturated rings. The van der Waals surface area contributed by atoms with Gasteiger partial charge in [0, 0.05) is 11.1 Å². The van der Waals surface area contributed by atoms with E-state index in [0.717, 1.165) is 8.66 Å². The SMILES string of the molecule is CC(C)(C(N)c1cc(Cl)c(Br)s1)S(C)(=O)=O. The summed E-state index contributed by atoms with van der Waals surface area (Å²) in [6.45, 7) is 3.24. The van der Waals surface area contributed by atoms with Gasteiger partial charge in [0.25, 0.3) is 0 Å². The lowest BCUT2D eigenvalue weighted by Gasteiger charge is -2.28. The van der Waals surface area contributed by atoms with Crippen LogP contribution in [0.4, 0.5) is 0 Å². The molecular weight excluding hydrogens is 334 g/mol. The van der Waals surface area contributed by atoms with Gasteiger partial charge in [0.1, 0.15) is 0 Å². The summed E-state index contributed by atoms with van der Waals surface area (Å²) in [6.07, 6.45) is 1.19. The second kappa shape index (κ2) is 4.57. The van der Waals surface area contributed by atoms with Crippen molar-refractivity contribution < 1.29 is 8.42 Å². The van der Waals surface area contributed by atoms with Crippen LogP contribution in [0.1, 0.15) is 24.8 Å². The molecule has 3 nitrogen and oxygen atoms in total. The Morgan fingerprint density at radius 3 is 2.38 bits per heavy atom. The van der Waals surface area contributed by atoms with Gasteiger partial charge in [0.15, 0.2) is 9.84 Å². The van der Waals surface area contributed by atoms with Crippen LogP contribution in [0.2, 0.25) is 5.02 Å². The van der Waals surface area contributed by atoms with Gasteiger partial charge in [-0.15, -0.1) is 11.3 Å². The minimum absolute atomic E-state index is 0.555. The third kappa shape index (κ3) is 2.61. The molecule has 0 saturated carbocycles. The molecule has 0 amide bonds. The van der Waals surface area contributed by atoms with Gasteiger partial charge in [0.05, 0.1) is 19.6 Å². The first-order valence-corrected chi connectivity index (χ1v) is 8.35. The Labute approximate surface area is 113 Å². The van der Waals surface area contributed by atoms with Crippen molar-refractivity contribution in [2.75, 3.05) is 6.26 Å². The lowest BCUT2D eigenvalue weighted by atomic mass is 10.0. The molecule has 92 valence electrons. The number of sulfone groups is 1. The van der Waals surface area contributed by atoms with Crippen molar-refractivity contribution in [1.29, 1.82) is 0 Å². The zero-order chi connectivity index (χ0) is 12.7. The van der Waals surface area contributed by atoms with E-state index in [1.165, 1.54) is 17.6 Å². The van der Waals surface area contributed by atoms with Crippen LogP contribution in [0.5, 0.6) is 0 Å². The zero-order valence-corrected chi connectivity index (χ0v) is 13.1. The van der Waals surface area contributed by atoms with Crippen molar-refractivity contribution in [3.63, 3.8) is 0 Å². The van der Waals surface area contributed by atoms with Crippen LogP contribution < -0.4 is 5.73 Å². The van der Waals surface area contributed by atoms with E-state index < -0.39 is 20.6 Å². The summed E-state index contributed by atoms with van der Waals surface area (Å²) in [5, 5.41) is 0.555. The largest absolute Gasteiger partial charge is 0.322 e. The van der Waals surface area contributed by atoms with E-state index in [1.807, 2.05) is 0 Å². The summed E-state index contributed by atoms with van der Waals surface area (Å²) in [4.78, 5) is 0.757. The van der Waals surface area contributed by atoms with E-state index in [4.69, 9.17) is 17.3 Å². The van der Waals surface area contributed by atoms with Gasteiger partial charge in [-0.1, -0.05) is 11.6 Å². The van der Waals surface area contributed by atoms with Crippen molar-refractivity contribution in [2.24, 2.45) is 5.73 Å². The summed E-state index contributed by atoms with van der Waals surface area (Å²) in [7, 11) is -3.23. The molecule has 1 unspecified atom stereocenters. The number of thiophene rings is 1. The Kier molecular flexibility index (Phi) is 4.12. The molecule has 0 saturated heterocycles. The molecule has 0 aromatic carbocycles. The van der Waals surface area contributed by atoms with E-state index in [1.54, 1.807) is 19.9 Å². The van der Waals surface area contributed by atoms with Gasteiger partial charge in [-0.25, -0.2) is 8.42 Å². The first-order valence-electron chi connectivity index (χ1n) is 4.47. The Bertz CT molecular complexity index is 476. The maximum absolute atomic E-state index is 11.6. The average molecular weight is 347 g/mol. The van der Waals surface area contributed by atoms with Crippen molar-refractivity contribution in [1.82, 2.24) is 0 Å². The second-order valence-corrected chi connectivity index (χ2v) is 9.53. The molecule has 1 rings (SSSR count). The molecule has 1 aromatic rings. The summed E-state index contributed by atoms with van der Waals surface area (Å²) in [6, 6.07) is 1.12. The Morgan fingerprint density at radius 1 is 1.56 bits per heavy atom. The molecule has 1 aromatic heterocycles. The van der Waals surface area contributed by atoms with E-state index in [2.05, 4.69) is 15.9 Å². The molecule has 0 radical (unpaired) electrons. The van der Waals surface area contributed by atoms with Crippen molar-refractivity contribution >= 4 is 48.7 Å². The molecule has 7 heteroatoms. The number of hydrogen-bond acceptors (Lipinski definition) is 4. The molecule has 1 atom stereocenters. The van der Waals surface area contributed by atoms with E-state index >= 15 is 0 Å². The average Bonchev–Trinajstić information content (AvgIpc) is 2.43. The predicted octanol–water partition coefficient (Wildman–Crippen LogP) is 2.99. The minimum Gasteiger partial charge on any atom is -0.322 e. The van der Waals surface area contributed by atoms with Gasteiger partial charge in [0.2, 0.25) is 0 Å². The number of hydrogen-bond donors (Lipinski definition) is 1. The van der Waals surface area contributed by atoms with Gasteiger partial charge in [-0.2, -0.15) is 0 Å².